The minimum atomic E-state index is -0.439. The molecular formula is C10H18N2O2. The van der Waals surface area contributed by atoms with Crippen LogP contribution in [0.25, 0.3) is 0 Å². The molecule has 80 valence electrons. The summed E-state index contributed by atoms with van der Waals surface area (Å²) in [7, 11) is 0. The third-order valence-electron chi connectivity index (χ3n) is 2.27. The summed E-state index contributed by atoms with van der Waals surface area (Å²) < 4.78 is 5.26. The number of nitrogens with two attached hydrogens (primary N) is 1. The minimum Gasteiger partial charge on any atom is -0.380 e. The Morgan fingerprint density at radius 1 is 1.57 bits per heavy atom. The van der Waals surface area contributed by atoms with Crippen LogP contribution in [0.1, 0.15) is 12.8 Å². The van der Waals surface area contributed by atoms with Gasteiger partial charge in [0.25, 0.3) is 0 Å². The van der Waals surface area contributed by atoms with E-state index in [9.17, 15) is 4.79 Å². The predicted octanol–water partition coefficient (Wildman–Crippen LogP) is 0.139. The summed E-state index contributed by atoms with van der Waals surface area (Å²) in [4.78, 5) is 13.5. The van der Waals surface area contributed by atoms with Gasteiger partial charge in [0.05, 0.1) is 12.6 Å². The van der Waals surface area contributed by atoms with Crippen molar-refractivity contribution in [2.45, 2.75) is 18.9 Å². The number of ether oxygens (including phenoxy) is 1. The summed E-state index contributed by atoms with van der Waals surface area (Å²) in [5.74, 6) is 0.00963. The molecule has 0 aromatic carbocycles. The van der Waals surface area contributed by atoms with E-state index >= 15 is 0 Å². The highest BCUT2D eigenvalue weighted by atomic mass is 16.5. The Hall–Kier alpha value is -0.870. The molecule has 1 heterocycles. The molecule has 1 unspecified atom stereocenters. The molecule has 1 fully saturated rings. The first-order valence-electron chi connectivity index (χ1n) is 4.98. The molecule has 0 bridgehead atoms. The van der Waals surface area contributed by atoms with Crippen LogP contribution >= 0.6 is 0 Å². The Labute approximate surface area is 84.7 Å². The van der Waals surface area contributed by atoms with E-state index in [0.717, 1.165) is 19.6 Å². The molecule has 4 nitrogen and oxygen atoms in total. The monoisotopic (exact) mass is 198 g/mol. The molecule has 0 aromatic heterocycles. The Morgan fingerprint density at radius 2 is 2.36 bits per heavy atom. The summed E-state index contributed by atoms with van der Waals surface area (Å²) in [5.41, 5.74) is 5.71. The van der Waals surface area contributed by atoms with Gasteiger partial charge < -0.3 is 15.4 Å². The largest absolute Gasteiger partial charge is 0.380 e. The average Bonchev–Trinajstić information content (AvgIpc) is 2.45. The van der Waals surface area contributed by atoms with Gasteiger partial charge in [0.15, 0.2) is 0 Å². The van der Waals surface area contributed by atoms with Crippen molar-refractivity contribution >= 4 is 5.91 Å². The van der Waals surface area contributed by atoms with Gasteiger partial charge in [0.1, 0.15) is 0 Å². The van der Waals surface area contributed by atoms with Gasteiger partial charge in [-0.3, -0.25) is 4.79 Å². The molecule has 1 amide bonds. The second-order valence-electron chi connectivity index (χ2n) is 3.42. The zero-order valence-corrected chi connectivity index (χ0v) is 8.45. The van der Waals surface area contributed by atoms with Crippen molar-refractivity contribution in [3.63, 3.8) is 0 Å². The first-order chi connectivity index (χ1) is 6.75. The molecule has 4 heteroatoms. The topological polar surface area (TPSA) is 55.6 Å². The molecule has 0 radical (unpaired) electrons. The maximum absolute atomic E-state index is 11.7. The number of hydrogen-bond donors (Lipinski definition) is 1. The van der Waals surface area contributed by atoms with E-state index in [-0.39, 0.29) is 5.91 Å². The van der Waals surface area contributed by atoms with Crippen LogP contribution in [0.2, 0.25) is 0 Å². The van der Waals surface area contributed by atoms with Crippen LogP contribution in [0.4, 0.5) is 0 Å². The molecule has 1 aliphatic heterocycles. The second kappa shape index (κ2) is 5.78. The number of rotatable bonds is 3. The average molecular weight is 198 g/mol. The first-order valence-corrected chi connectivity index (χ1v) is 4.98. The number of nitrogens with zero attached hydrogens (tertiary/aromatic N) is 1. The van der Waals surface area contributed by atoms with E-state index in [1.54, 1.807) is 11.0 Å². The molecule has 0 aromatic rings. The van der Waals surface area contributed by atoms with Crippen LogP contribution in [-0.4, -0.2) is 43.2 Å². The normalized spacial score (nSPS) is 19.9. The minimum absolute atomic E-state index is 0.00963. The van der Waals surface area contributed by atoms with Gasteiger partial charge in [0, 0.05) is 19.7 Å². The smallest absolute Gasteiger partial charge is 0.239 e. The first kappa shape index (κ1) is 11.2. The van der Waals surface area contributed by atoms with Crippen LogP contribution in [0.3, 0.4) is 0 Å². The lowest BCUT2D eigenvalue weighted by molar-refractivity contribution is -0.132. The molecule has 0 saturated carbocycles. The maximum atomic E-state index is 11.7. The Balaban J connectivity index is 2.44. The zero-order chi connectivity index (χ0) is 10.4. The fourth-order valence-electron chi connectivity index (χ4n) is 1.48. The molecule has 1 saturated heterocycles. The van der Waals surface area contributed by atoms with Gasteiger partial charge in [-0.1, -0.05) is 6.08 Å². The molecule has 1 rings (SSSR count). The number of carbonyl (C=O) groups excluding carboxylic acids is 1. The van der Waals surface area contributed by atoms with E-state index in [0.29, 0.717) is 19.6 Å². The fraction of sp³-hybridized carbons (Fsp3) is 0.700. The van der Waals surface area contributed by atoms with Crippen LogP contribution < -0.4 is 5.73 Å². The van der Waals surface area contributed by atoms with E-state index < -0.39 is 6.04 Å². The van der Waals surface area contributed by atoms with Gasteiger partial charge in [0.2, 0.25) is 5.91 Å². The van der Waals surface area contributed by atoms with Crippen LogP contribution in [0, 0.1) is 0 Å². The van der Waals surface area contributed by atoms with E-state index in [1.807, 2.05) is 0 Å². The standard InChI is InChI=1S/C10H18N2O2/c1-2-4-9(11)10(13)12-5-3-7-14-8-6-12/h2,9H,1,3-8,11H2. The number of hydrogen-bond acceptors (Lipinski definition) is 3. The molecule has 0 aliphatic carbocycles. The highest BCUT2D eigenvalue weighted by Crippen LogP contribution is 2.03. The highest BCUT2D eigenvalue weighted by Gasteiger charge is 2.20. The van der Waals surface area contributed by atoms with Crippen molar-refractivity contribution in [1.29, 1.82) is 0 Å². The summed E-state index contributed by atoms with van der Waals surface area (Å²) in [5, 5.41) is 0. The molecule has 1 atom stereocenters. The quantitative estimate of drug-likeness (QED) is 0.656. The maximum Gasteiger partial charge on any atom is 0.239 e. The van der Waals surface area contributed by atoms with Crippen molar-refractivity contribution in [2.75, 3.05) is 26.3 Å². The number of carbonyl (C=O) groups is 1. The summed E-state index contributed by atoms with van der Waals surface area (Å²) in [6.07, 6.45) is 3.11. The lowest BCUT2D eigenvalue weighted by atomic mass is 10.2. The van der Waals surface area contributed by atoms with Gasteiger partial charge in [-0.15, -0.1) is 6.58 Å². The van der Waals surface area contributed by atoms with Crippen LogP contribution in [0.15, 0.2) is 12.7 Å². The van der Waals surface area contributed by atoms with E-state index in [2.05, 4.69) is 6.58 Å². The van der Waals surface area contributed by atoms with E-state index in [4.69, 9.17) is 10.5 Å². The summed E-state index contributed by atoms with van der Waals surface area (Å²) in [6, 6.07) is -0.439. The predicted molar refractivity (Wildman–Crippen MR) is 54.8 cm³/mol. The Morgan fingerprint density at radius 3 is 3.07 bits per heavy atom. The summed E-state index contributed by atoms with van der Waals surface area (Å²) >= 11 is 0. The van der Waals surface area contributed by atoms with Crippen molar-refractivity contribution in [3.05, 3.63) is 12.7 Å². The van der Waals surface area contributed by atoms with Crippen LogP contribution in [0.5, 0.6) is 0 Å². The SMILES string of the molecule is C=CCC(N)C(=O)N1CCCOCC1. The van der Waals surface area contributed by atoms with Crippen molar-refractivity contribution in [3.8, 4) is 0 Å². The lowest BCUT2D eigenvalue weighted by Crippen LogP contribution is -2.44. The zero-order valence-electron chi connectivity index (χ0n) is 8.45. The van der Waals surface area contributed by atoms with Crippen molar-refractivity contribution in [2.24, 2.45) is 5.73 Å². The fourth-order valence-corrected chi connectivity index (χ4v) is 1.48. The second-order valence-corrected chi connectivity index (χ2v) is 3.42. The van der Waals surface area contributed by atoms with Gasteiger partial charge in [-0.2, -0.15) is 0 Å². The van der Waals surface area contributed by atoms with Gasteiger partial charge in [-0.05, 0) is 12.8 Å². The van der Waals surface area contributed by atoms with Gasteiger partial charge in [-0.25, -0.2) is 0 Å². The third-order valence-corrected chi connectivity index (χ3v) is 2.27. The molecule has 1 aliphatic rings. The Kier molecular flexibility index (Phi) is 4.62. The van der Waals surface area contributed by atoms with Crippen molar-refractivity contribution < 1.29 is 9.53 Å². The molecule has 0 spiro atoms. The number of amides is 1. The molecule has 14 heavy (non-hydrogen) atoms. The Bertz CT molecular complexity index is 198. The van der Waals surface area contributed by atoms with Crippen LogP contribution in [-0.2, 0) is 9.53 Å². The molecular weight excluding hydrogens is 180 g/mol. The molecule has 2 N–H and O–H groups in total. The lowest BCUT2D eigenvalue weighted by Gasteiger charge is -2.22. The highest BCUT2D eigenvalue weighted by molar-refractivity contribution is 5.81. The van der Waals surface area contributed by atoms with Gasteiger partial charge >= 0.3 is 0 Å². The van der Waals surface area contributed by atoms with Crippen molar-refractivity contribution in [1.82, 2.24) is 4.90 Å². The van der Waals surface area contributed by atoms with E-state index in [1.165, 1.54) is 0 Å². The third kappa shape index (κ3) is 3.12. The summed E-state index contributed by atoms with van der Waals surface area (Å²) in [6.45, 7) is 6.34.